The van der Waals surface area contributed by atoms with Crippen molar-refractivity contribution in [2.24, 2.45) is 5.92 Å². The van der Waals surface area contributed by atoms with Crippen LogP contribution in [0.1, 0.15) is 37.4 Å². The quantitative estimate of drug-likeness (QED) is 0.763. The summed E-state index contributed by atoms with van der Waals surface area (Å²) in [6.45, 7) is 3.95. The third-order valence-electron chi connectivity index (χ3n) is 3.75. The van der Waals surface area contributed by atoms with E-state index in [0.29, 0.717) is 0 Å². The molecule has 1 aromatic rings. The Balaban J connectivity index is 1.39. The maximum atomic E-state index is 5.38. The lowest BCUT2D eigenvalue weighted by molar-refractivity contribution is 0.184. The van der Waals surface area contributed by atoms with Crippen LogP contribution in [0, 0.1) is 5.92 Å². The molecule has 17 heavy (non-hydrogen) atoms. The van der Waals surface area contributed by atoms with E-state index < -0.39 is 0 Å². The van der Waals surface area contributed by atoms with Crippen molar-refractivity contribution >= 4 is 0 Å². The van der Waals surface area contributed by atoms with E-state index in [-0.39, 0.29) is 0 Å². The maximum Gasteiger partial charge on any atom is 0.0951 e. The highest BCUT2D eigenvalue weighted by atomic mass is 16.5. The Bertz CT molecular complexity index is 353. The zero-order valence-electron chi connectivity index (χ0n) is 10.3. The van der Waals surface area contributed by atoms with E-state index in [9.17, 15) is 0 Å². The van der Waals surface area contributed by atoms with E-state index in [2.05, 4.69) is 14.9 Å². The molecule has 1 N–H and O–H groups in total. The first-order chi connectivity index (χ1) is 8.43. The Morgan fingerprint density at radius 2 is 2.35 bits per heavy atom. The molecule has 1 atom stereocenters. The van der Waals surface area contributed by atoms with Gasteiger partial charge in [0.05, 0.1) is 12.0 Å². The fourth-order valence-corrected chi connectivity index (χ4v) is 2.48. The minimum Gasteiger partial charge on any atom is -0.381 e. The van der Waals surface area contributed by atoms with Gasteiger partial charge in [-0.15, -0.1) is 0 Å². The second kappa shape index (κ2) is 5.19. The maximum absolute atomic E-state index is 5.38. The highest BCUT2D eigenvalue weighted by Gasteiger charge is 2.24. The van der Waals surface area contributed by atoms with Crippen LogP contribution < -0.4 is 5.32 Å². The lowest BCUT2D eigenvalue weighted by Gasteiger charge is -2.10. The van der Waals surface area contributed by atoms with E-state index in [1.807, 2.05) is 12.5 Å². The summed E-state index contributed by atoms with van der Waals surface area (Å²) >= 11 is 0. The van der Waals surface area contributed by atoms with Gasteiger partial charge in [-0.05, 0) is 38.1 Å². The minimum atomic E-state index is 0.734. The summed E-state index contributed by atoms with van der Waals surface area (Å²) in [6, 6.07) is 0.734. The van der Waals surface area contributed by atoms with Crippen molar-refractivity contribution in [1.29, 1.82) is 0 Å². The normalized spacial score (nSPS) is 24.4. The number of imidazole rings is 1. The zero-order chi connectivity index (χ0) is 11.5. The van der Waals surface area contributed by atoms with Gasteiger partial charge < -0.3 is 14.6 Å². The van der Waals surface area contributed by atoms with Gasteiger partial charge in [0.2, 0.25) is 0 Å². The molecule has 1 aromatic heterocycles. The van der Waals surface area contributed by atoms with E-state index >= 15 is 0 Å². The molecule has 1 unspecified atom stereocenters. The first-order valence-corrected chi connectivity index (χ1v) is 6.72. The van der Waals surface area contributed by atoms with Gasteiger partial charge in [-0.25, -0.2) is 4.98 Å². The van der Waals surface area contributed by atoms with Crippen LogP contribution in [0.3, 0.4) is 0 Å². The second-order valence-corrected chi connectivity index (χ2v) is 5.22. The number of nitrogens with one attached hydrogen (secondary N) is 1. The Morgan fingerprint density at radius 3 is 3.12 bits per heavy atom. The molecule has 0 bridgehead atoms. The molecule has 0 spiro atoms. The van der Waals surface area contributed by atoms with Crippen LogP contribution in [0.5, 0.6) is 0 Å². The van der Waals surface area contributed by atoms with Gasteiger partial charge in [-0.3, -0.25) is 0 Å². The molecule has 4 heteroatoms. The Labute approximate surface area is 102 Å². The van der Waals surface area contributed by atoms with Crippen LogP contribution >= 0.6 is 0 Å². The Hall–Kier alpha value is -0.870. The van der Waals surface area contributed by atoms with Gasteiger partial charge in [0.15, 0.2) is 0 Å². The van der Waals surface area contributed by atoms with Gasteiger partial charge in [0.25, 0.3) is 0 Å². The molecule has 3 rings (SSSR count). The van der Waals surface area contributed by atoms with Crippen LogP contribution in [0.25, 0.3) is 0 Å². The van der Waals surface area contributed by atoms with E-state index in [1.54, 1.807) is 0 Å². The molecule has 1 saturated heterocycles. The van der Waals surface area contributed by atoms with Crippen molar-refractivity contribution in [2.75, 3.05) is 19.8 Å². The molecule has 0 radical (unpaired) electrons. The molecule has 2 heterocycles. The summed E-state index contributed by atoms with van der Waals surface area (Å²) in [5, 5.41) is 3.52. The predicted octanol–water partition coefficient (Wildman–Crippen LogP) is 1.73. The van der Waals surface area contributed by atoms with E-state index in [0.717, 1.165) is 38.3 Å². The average Bonchev–Trinajstić information content (AvgIpc) is 2.89. The molecule has 1 aliphatic heterocycles. The van der Waals surface area contributed by atoms with Crippen molar-refractivity contribution < 1.29 is 4.74 Å². The number of hydrogen-bond acceptors (Lipinski definition) is 3. The van der Waals surface area contributed by atoms with Gasteiger partial charge >= 0.3 is 0 Å². The first kappa shape index (κ1) is 11.2. The van der Waals surface area contributed by atoms with Crippen LogP contribution in [-0.4, -0.2) is 29.3 Å². The summed E-state index contributed by atoms with van der Waals surface area (Å²) in [6.07, 6.45) is 9.08. The van der Waals surface area contributed by atoms with Crippen LogP contribution in [0.15, 0.2) is 12.5 Å². The highest BCUT2D eigenvalue weighted by molar-refractivity contribution is 5.03. The minimum absolute atomic E-state index is 0.734. The Morgan fingerprint density at radius 1 is 1.41 bits per heavy atom. The van der Waals surface area contributed by atoms with Crippen LogP contribution in [-0.2, 0) is 11.3 Å². The largest absolute Gasteiger partial charge is 0.381 e. The molecule has 0 amide bonds. The highest BCUT2D eigenvalue weighted by Crippen LogP contribution is 2.35. The number of rotatable bonds is 6. The fourth-order valence-electron chi connectivity index (χ4n) is 2.48. The first-order valence-electron chi connectivity index (χ1n) is 6.72. The van der Waals surface area contributed by atoms with Crippen molar-refractivity contribution in [3.63, 3.8) is 0 Å². The molecule has 2 fully saturated rings. The summed E-state index contributed by atoms with van der Waals surface area (Å²) in [5.41, 5.74) is 1.33. The third-order valence-corrected chi connectivity index (χ3v) is 3.75. The van der Waals surface area contributed by atoms with E-state index in [1.165, 1.54) is 31.4 Å². The molecule has 2 aliphatic rings. The van der Waals surface area contributed by atoms with Crippen molar-refractivity contribution in [2.45, 2.75) is 38.3 Å². The number of nitrogens with zero attached hydrogens (tertiary/aromatic N) is 2. The molecule has 4 nitrogen and oxygen atoms in total. The summed E-state index contributed by atoms with van der Waals surface area (Å²) in [4.78, 5) is 4.24. The molecule has 1 aliphatic carbocycles. The lowest BCUT2D eigenvalue weighted by Crippen LogP contribution is -2.19. The number of aromatic nitrogens is 2. The van der Waals surface area contributed by atoms with Gasteiger partial charge in [0.1, 0.15) is 0 Å². The topological polar surface area (TPSA) is 39.1 Å². The van der Waals surface area contributed by atoms with Gasteiger partial charge in [-0.2, -0.15) is 0 Å². The molecular formula is C13H21N3O. The van der Waals surface area contributed by atoms with Crippen molar-refractivity contribution in [3.05, 3.63) is 18.2 Å². The predicted molar refractivity (Wildman–Crippen MR) is 65.7 cm³/mol. The van der Waals surface area contributed by atoms with Crippen molar-refractivity contribution in [3.8, 4) is 0 Å². The summed E-state index contributed by atoms with van der Waals surface area (Å²) in [7, 11) is 0. The van der Waals surface area contributed by atoms with Gasteiger partial charge in [-0.1, -0.05) is 0 Å². The molecular weight excluding hydrogens is 214 g/mol. The zero-order valence-corrected chi connectivity index (χ0v) is 10.3. The monoisotopic (exact) mass is 235 g/mol. The lowest BCUT2D eigenvalue weighted by atomic mass is 10.1. The fraction of sp³-hybridized carbons (Fsp3) is 0.769. The summed E-state index contributed by atoms with van der Waals surface area (Å²) in [5.74, 6) is 0.774. The Kier molecular flexibility index (Phi) is 3.43. The van der Waals surface area contributed by atoms with Crippen molar-refractivity contribution in [1.82, 2.24) is 14.9 Å². The standard InChI is InChI=1S/C13H21N3O/c1-2-12(1)16-10-15-8-13(16)7-14-5-3-11-4-6-17-9-11/h8,10-12,14H,1-7,9H2. The molecule has 1 saturated carbocycles. The second-order valence-electron chi connectivity index (χ2n) is 5.22. The molecule has 94 valence electrons. The van der Waals surface area contributed by atoms with Crippen LogP contribution in [0.4, 0.5) is 0 Å². The summed E-state index contributed by atoms with van der Waals surface area (Å²) < 4.78 is 7.70. The number of hydrogen-bond donors (Lipinski definition) is 1. The van der Waals surface area contributed by atoms with Gasteiger partial charge in [0, 0.05) is 32.0 Å². The average molecular weight is 235 g/mol. The SMILES string of the molecule is c1ncn(C2CC2)c1CNCCC1CCOC1. The number of ether oxygens (including phenoxy) is 1. The molecule has 0 aromatic carbocycles. The third kappa shape index (κ3) is 2.87. The smallest absolute Gasteiger partial charge is 0.0951 e. The van der Waals surface area contributed by atoms with Crippen LogP contribution in [0.2, 0.25) is 0 Å². The van der Waals surface area contributed by atoms with E-state index in [4.69, 9.17) is 4.74 Å².